The molecule has 0 bridgehead atoms. The smallest absolute Gasteiger partial charge is 0.223 e. The van der Waals surface area contributed by atoms with E-state index in [2.05, 4.69) is 47.6 Å². The summed E-state index contributed by atoms with van der Waals surface area (Å²) in [6, 6.07) is 8.88. The van der Waals surface area contributed by atoms with Gasteiger partial charge in [-0.3, -0.25) is 4.79 Å². The van der Waals surface area contributed by atoms with Crippen molar-refractivity contribution in [1.29, 1.82) is 0 Å². The highest BCUT2D eigenvalue weighted by atomic mass is 16.2. The number of imidazole rings is 1. The zero-order chi connectivity index (χ0) is 18.1. The van der Waals surface area contributed by atoms with E-state index >= 15 is 0 Å². The Morgan fingerprint density at radius 2 is 1.92 bits per heavy atom. The highest BCUT2D eigenvalue weighted by Crippen LogP contribution is 2.34. The maximum absolute atomic E-state index is 12.7. The first-order chi connectivity index (χ1) is 12.6. The van der Waals surface area contributed by atoms with E-state index in [1.165, 1.54) is 37.6 Å². The van der Waals surface area contributed by atoms with Gasteiger partial charge in [0.2, 0.25) is 5.91 Å². The zero-order valence-electron chi connectivity index (χ0n) is 16.2. The van der Waals surface area contributed by atoms with Gasteiger partial charge in [0.1, 0.15) is 5.82 Å². The number of carbonyl (C=O) groups excluding carboxylic acids is 1. The molecule has 0 spiro atoms. The number of aromatic nitrogens is 2. The average molecular weight is 354 g/mol. The largest absolute Gasteiger partial charge is 0.339 e. The van der Waals surface area contributed by atoms with E-state index in [1.54, 1.807) is 0 Å². The van der Waals surface area contributed by atoms with Crippen molar-refractivity contribution in [3.8, 4) is 0 Å². The molecule has 2 heterocycles. The van der Waals surface area contributed by atoms with Gasteiger partial charge in [-0.1, -0.05) is 45.2 Å². The predicted octanol–water partition coefficient (Wildman–Crippen LogP) is 4.73. The van der Waals surface area contributed by atoms with Gasteiger partial charge in [-0.05, 0) is 37.3 Å². The third kappa shape index (κ3) is 3.38. The summed E-state index contributed by atoms with van der Waals surface area (Å²) >= 11 is 0. The molecule has 1 saturated heterocycles. The van der Waals surface area contributed by atoms with Crippen LogP contribution in [0.1, 0.15) is 70.5 Å². The van der Waals surface area contributed by atoms with Crippen molar-refractivity contribution in [3.05, 3.63) is 30.1 Å². The number of fused-ring (bicyclic) bond motifs is 1. The molecule has 1 unspecified atom stereocenters. The standard InChI is InChI=1S/C22H31N3O/c1-16(2)12-13-24-20-11-7-6-10-19(20)23-22(24)17-14-21(26)25(15-17)18-8-4-3-5-9-18/h6-7,10-11,16-18H,3-5,8-9,12-15H2,1-2H3. The van der Waals surface area contributed by atoms with E-state index in [1.807, 2.05) is 0 Å². The molecule has 1 saturated carbocycles. The highest BCUT2D eigenvalue weighted by Gasteiger charge is 2.37. The van der Waals surface area contributed by atoms with Gasteiger partial charge < -0.3 is 9.47 Å². The first-order valence-electron chi connectivity index (χ1n) is 10.4. The molecule has 0 N–H and O–H groups in total. The number of rotatable bonds is 5. The molecule has 4 heteroatoms. The van der Waals surface area contributed by atoms with Crippen molar-refractivity contribution >= 4 is 16.9 Å². The Hall–Kier alpha value is -1.84. The van der Waals surface area contributed by atoms with Crippen molar-refractivity contribution < 1.29 is 4.79 Å². The molecule has 1 aliphatic carbocycles. The minimum atomic E-state index is 0.240. The molecule has 1 aromatic heterocycles. The van der Waals surface area contributed by atoms with Crippen LogP contribution in [0.15, 0.2) is 24.3 Å². The second-order valence-electron chi connectivity index (χ2n) is 8.53. The second kappa shape index (κ2) is 7.42. The van der Waals surface area contributed by atoms with Crippen molar-refractivity contribution in [3.63, 3.8) is 0 Å². The van der Waals surface area contributed by atoms with Crippen molar-refractivity contribution in [2.24, 2.45) is 5.92 Å². The van der Waals surface area contributed by atoms with Crippen LogP contribution in [0.25, 0.3) is 11.0 Å². The van der Waals surface area contributed by atoms with Gasteiger partial charge in [-0.25, -0.2) is 4.98 Å². The first kappa shape index (κ1) is 17.6. The maximum Gasteiger partial charge on any atom is 0.223 e. The molecular formula is C22H31N3O. The van der Waals surface area contributed by atoms with Crippen LogP contribution in [0.5, 0.6) is 0 Å². The lowest BCUT2D eigenvalue weighted by atomic mass is 9.94. The number of amides is 1. The van der Waals surface area contributed by atoms with Crippen LogP contribution < -0.4 is 0 Å². The molecule has 1 amide bonds. The Labute approximate surface area is 156 Å². The van der Waals surface area contributed by atoms with Crippen LogP contribution in [0, 0.1) is 5.92 Å². The molecule has 4 nitrogen and oxygen atoms in total. The molecule has 2 aromatic rings. The molecule has 2 aliphatic rings. The molecular weight excluding hydrogens is 322 g/mol. The maximum atomic E-state index is 12.7. The number of para-hydroxylation sites is 2. The summed E-state index contributed by atoms with van der Waals surface area (Å²) in [4.78, 5) is 19.9. The molecule has 4 rings (SSSR count). The van der Waals surface area contributed by atoms with Crippen LogP contribution in [-0.2, 0) is 11.3 Å². The summed E-state index contributed by atoms with van der Waals surface area (Å²) in [5, 5.41) is 0. The Kier molecular flexibility index (Phi) is 5.01. The summed E-state index contributed by atoms with van der Waals surface area (Å²) in [5.74, 6) is 2.36. The van der Waals surface area contributed by atoms with Gasteiger partial charge in [-0.15, -0.1) is 0 Å². The Morgan fingerprint density at radius 1 is 1.15 bits per heavy atom. The predicted molar refractivity (Wildman–Crippen MR) is 105 cm³/mol. The van der Waals surface area contributed by atoms with E-state index in [0.717, 1.165) is 30.9 Å². The summed E-state index contributed by atoms with van der Waals surface area (Å²) in [7, 11) is 0. The van der Waals surface area contributed by atoms with Gasteiger partial charge in [0, 0.05) is 31.5 Å². The highest BCUT2D eigenvalue weighted by molar-refractivity contribution is 5.81. The summed E-state index contributed by atoms with van der Waals surface area (Å²) in [6.07, 6.45) is 8.00. The molecule has 1 atom stereocenters. The van der Waals surface area contributed by atoms with E-state index < -0.39 is 0 Å². The van der Waals surface area contributed by atoms with Gasteiger partial charge in [-0.2, -0.15) is 0 Å². The minimum absolute atomic E-state index is 0.240. The number of nitrogens with zero attached hydrogens (tertiary/aromatic N) is 3. The van der Waals surface area contributed by atoms with Crippen molar-refractivity contribution in [2.75, 3.05) is 6.54 Å². The summed E-state index contributed by atoms with van der Waals surface area (Å²) in [5.41, 5.74) is 2.28. The Balaban J connectivity index is 1.61. The van der Waals surface area contributed by atoms with Crippen LogP contribution in [0.2, 0.25) is 0 Å². The lowest BCUT2D eigenvalue weighted by Crippen LogP contribution is -2.37. The molecule has 1 aromatic carbocycles. The zero-order valence-corrected chi connectivity index (χ0v) is 16.2. The number of carbonyl (C=O) groups is 1. The lowest BCUT2D eigenvalue weighted by molar-refractivity contribution is -0.130. The van der Waals surface area contributed by atoms with Gasteiger partial charge >= 0.3 is 0 Å². The van der Waals surface area contributed by atoms with Crippen LogP contribution in [-0.4, -0.2) is 32.9 Å². The lowest BCUT2D eigenvalue weighted by Gasteiger charge is -2.31. The molecule has 1 aliphatic heterocycles. The SMILES string of the molecule is CC(C)CCn1c(C2CC(=O)N(C3CCCCC3)C2)nc2ccccc21. The Morgan fingerprint density at radius 3 is 2.69 bits per heavy atom. The van der Waals surface area contributed by atoms with Gasteiger partial charge in [0.25, 0.3) is 0 Å². The number of hydrogen-bond acceptors (Lipinski definition) is 2. The van der Waals surface area contributed by atoms with Gasteiger partial charge in [0.05, 0.1) is 11.0 Å². The number of likely N-dealkylation sites (tertiary alicyclic amines) is 1. The Bertz CT molecular complexity index is 773. The van der Waals surface area contributed by atoms with E-state index in [9.17, 15) is 4.79 Å². The number of aryl methyl sites for hydroxylation is 1. The van der Waals surface area contributed by atoms with E-state index in [0.29, 0.717) is 24.3 Å². The van der Waals surface area contributed by atoms with E-state index in [4.69, 9.17) is 4.98 Å². The fraction of sp³-hybridized carbons (Fsp3) is 0.636. The normalized spacial score (nSPS) is 22.0. The first-order valence-corrected chi connectivity index (χ1v) is 10.4. The molecule has 2 fully saturated rings. The number of benzene rings is 1. The van der Waals surface area contributed by atoms with Crippen molar-refractivity contribution in [2.45, 2.75) is 77.3 Å². The monoisotopic (exact) mass is 353 g/mol. The molecule has 140 valence electrons. The van der Waals surface area contributed by atoms with Gasteiger partial charge in [0.15, 0.2) is 0 Å². The van der Waals surface area contributed by atoms with Crippen LogP contribution in [0.3, 0.4) is 0 Å². The van der Waals surface area contributed by atoms with Crippen molar-refractivity contribution in [1.82, 2.24) is 14.5 Å². The third-order valence-electron chi connectivity index (χ3n) is 6.15. The quantitative estimate of drug-likeness (QED) is 0.779. The second-order valence-corrected chi connectivity index (χ2v) is 8.53. The van der Waals surface area contributed by atoms with Crippen LogP contribution in [0.4, 0.5) is 0 Å². The number of hydrogen-bond donors (Lipinski definition) is 0. The summed E-state index contributed by atoms with van der Waals surface area (Å²) < 4.78 is 2.39. The van der Waals surface area contributed by atoms with E-state index in [-0.39, 0.29) is 5.92 Å². The summed E-state index contributed by atoms with van der Waals surface area (Å²) in [6.45, 7) is 6.38. The fourth-order valence-corrected chi connectivity index (χ4v) is 4.68. The molecule has 26 heavy (non-hydrogen) atoms. The fourth-order valence-electron chi connectivity index (χ4n) is 4.68. The third-order valence-corrected chi connectivity index (χ3v) is 6.15. The molecule has 0 radical (unpaired) electrons. The van der Waals surface area contributed by atoms with Crippen LogP contribution >= 0.6 is 0 Å². The minimum Gasteiger partial charge on any atom is -0.339 e. The topological polar surface area (TPSA) is 38.1 Å². The average Bonchev–Trinajstić information content (AvgIpc) is 3.21.